The lowest BCUT2D eigenvalue weighted by Gasteiger charge is -2.17. The van der Waals surface area contributed by atoms with Crippen molar-refractivity contribution < 1.29 is 0 Å². The molecule has 0 saturated heterocycles. The molecule has 0 aliphatic heterocycles. The third-order valence-electron chi connectivity index (χ3n) is 7.54. The summed E-state index contributed by atoms with van der Waals surface area (Å²) in [6, 6.07) is 11.1. The fourth-order valence-corrected chi connectivity index (χ4v) is 3.58. The van der Waals surface area contributed by atoms with Crippen LogP contribution in [0.4, 0.5) is 0 Å². The molecule has 0 atom stereocenters. The minimum absolute atomic E-state index is 0.500. The molecule has 0 saturated carbocycles. The molecule has 2 aromatic carbocycles. The summed E-state index contributed by atoms with van der Waals surface area (Å²) >= 11 is 0. The summed E-state index contributed by atoms with van der Waals surface area (Å²) < 4.78 is 0. The van der Waals surface area contributed by atoms with Crippen molar-refractivity contribution in [1.29, 1.82) is 0 Å². The van der Waals surface area contributed by atoms with Gasteiger partial charge in [0.1, 0.15) is 0 Å². The Labute approximate surface area is 348 Å². The lowest BCUT2D eigenvalue weighted by molar-refractivity contribution is 0.469. The van der Waals surface area contributed by atoms with Crippen LogP contribution in [0.2, 0.25) is 0 Å². The maximum atomic E-state index is 2.28. The zero-order valence-electron chi connectivity index (χ0n) is 43.1. The van der Waals surface area contributed by atoms with Gasteiger partial charge in [-0.2, -0.15) is 0 Å². The number of unbranched alkanes of at least 4 members (excludes halogenated alkanes) is 3. The van der Waals surface area contributed by atoms with Crippen molar-refractivity contribution in [3.63, 3.8) is 0 Å². The van der Waals surface area contributed by atoms with Crippen LogP contribution in [-0.4, -0.2) is 0 Å². The van der Waals surface area contributed by atoms with E-state index in [1.807, 2.05) is 13.8 Å². The smallest absolute Gasteiger partial charge is 0.0273 e. The lowest BCUT2D eigenvalue weighted by atomic mass is 9.89. The first-order valence-electron chi connectivity index (χ1n) is 23.1. The van der Waals surface area contributed by atoms with Crippen molar-refractivity contribution in [3.05, 3.63) is 69.3 Å². The fraction of sp³-hybridized carbons (Fsp3) is 0.778. The van der Waals surface area contributed by atoms with E-state index >= 15 is 0 Å². The third-order valence-corrected chi connectivity index (χ3v) is 7.54. The molecule has 0 fully saturated rings. The minimum atomic E-state index is 0.500. The van der Waals surface area contributed by atoms with Crippen LogP contribution >= 0.6 is 0 Å². The van der Waals surface area contributed by atoms with Gasteiger partial charge in [-0.3, -0.25) is 0 Å². The zero-order chi connectivity index (χ0) is 44.3. The van der Waals surface area contributed by atoms with Gasteiger partial charge >= 0.3 is 0 Å². The van der Waals surface area contributed by atoms with E-state index in [2.05, 4.69) is 197 Å². The molecule has 3 rings (SSSR count). The SMILES string of the molecule is CC.CC(C)(C)C.CC(C)C.CCC.CCC(C)C.CCC(C)C.CCCC.CCCCC.Cc1cc(C)c(C)c(C)c1.Cc1cccc2c1CCCC2. The molecule has 0 nitrogen and oxygen atoms in total. The van der Waals surface area contributed by atoms with E-state index in [1.165, 1.54) is 105 Å². The molecule has 326 valence electrons. The monoisotopic (exact) mass is 759 g/mol. The fourth-order valence-electron chi connectivity index (χ4n) is 3.58. The van der Waals surface area contributed by atoms with Crippen molar-refractivity contribution in [2.24, 2.45) is 23.2 Å². The summed E-state index contributed by atoms with van der Waals surface area (Å²) in [6.45, 7) is 56.4. The Morgan fingerprint density at radius 2 is 0.852 bits per heavy atom. The standard InChI is InChI=1S/C11H14.C10H14.4C5H12.2C4H10.C3H8.C2H6/c1-9-5-4-7-10-6-2-3-8-11(9)10;1-7-5-8(2)10(4)9(3)6-7;1-5(2,3)4;2*1-4-5(2)3;1-3-5-4-2;1-4(2)3;1-3-4-2;1-3-2;1-2/h4-5,7H,2-3,6,8H2,1H3;5-6H,1-4H3;1-4H3;2*5H,4H2,1-3H3;3-5H2,1-2H3;4H,1-3H3;3-4H2,1-2H3;3H2,1-2H3;1-2H3. The first-order chi connectivity index (χ1) is 25.0. The van der Waals surface area contributed by atoms with E-state index in [-0.39, 0.29) is 0 Å². The Hall–Kier alpha value is -1.56. The number of hydrogen-bond donors (Lipinski definition) is 0. The normalized spacial score (nSPS) is 10.5. The maximum Gasteiger partial charge on any atom is -0.0273 e. The molecule has 54 heavy (non-hydrogen) atoms. The van der Waals surface area contributed by atoms with E-state index in [0.29, 0.717) is 5.41 Å². The van der Waals surface area contributed by atoms with E-state index in [0.717, 1.165) is 17.8 Å². The van der Waals surface area contributed by atoms with E-state index < -0.39 is 0 Å². The van der Waals surface area contributed by atoms with Crippen LogP contribution in [0.1, 0.15) is 249 Å². The number of benzene rings is 2. The average molecular weight is 759 g/mol. The minimum Gasteiger partial charge on any atom is -0.0683 e. The van der Waals surface area contributed by atoms with Crippen LogP contribution in [0, 0.1) is 57.8 Å². The van der Waals surface area contributed by atoms with Gasteiger partial charge in [0.05, 0.1) is 0 Å². The Morgan fingerprint density at radius 3 is 1.09 bits per heavy atom. The van der Waals surface area contributed by atoms with Gasteiger partial charge in [0.2, 0.25) is 0 Å². The quantitative estimate of drug-likeness (QED) is 0.285. The van der Waals surface area contributed by atoms with E-state index in [1.54, 1.807) is 11.1 Å². The second-order valence-electron chi connectivity index (χ2n) is 17.8. The molecule has 0 heteroatoms. The number of fused-ring (bicyclic) bond motifs is 1. The largest absolute Gasteiger partial charge is 0.0683 e. The van der Waals surface area contributed by atoms with Crippen molar-refractivity contribution in [2.45, 2.75) is 257 Å². The molecule has 0 N–H and O–H groups in total. The number of aryl methyl sites for hydroxylation is 5. The van der Waals surface area contributed by atoms with E-state index in [9.17, 15) is 0 Å². The molecular weight excluding hydrogens is 649 g/mol. The van der Waals surface area contributed by atoms with Gasteiger partial charge in [-0.05, 0) is 117 Å². The number of hydrogen-bond acceptors (Lipinski definition) is 0. The molecule has 0 unspecified atom stereocenters. The highest BCUT2D eigenvalue weighted by Gasteiger charge is 2.09. The highest BCUT2D eigenvalue weighted by molar-refractivity contribution is 5.36. The summed E-state index contributed by atoms with van der Waals surface area (Å²) in [5, 5.41) is 0. The van der Waals surface area contributed by atoms with Gasteiger partial charge in [-0.1, -0.05) is 233 Å². The Balaban J connectivity index is -0.0000000951. The lowest BCUT2D eigenvalue weighted by Crippen LogP contribution is -2.03. The average Bonchev–Trinajstić information content (AvgIpc) is 3.09. The van der Waals surface area contributed by atoms with Crippen molar-refractivity contribution in [3.8, 4) is 0 Å². The topological polar surface area (TPSA) is 0 Å². The molecule has 0 radical (unpaired) electrons. The molecular formula is C54H110. The van der Waals surface area contributed by atoms with Crippen LogP contribution < -0.4 is 0 Å². The first kappa shape index (κ1) is 67.2. The van der Waals surface area contributed by atoms with Crippen LogP contribution in [0.25, 0.3) is 0 Å². The van der Waals surface area contributed by atoms with Crippen molar-refractivity contribution >= 4 is 0 Å². The van der Waals surface area contributed by atoms with Crippen LogP contribution in [0.5, 0.6) is 0 Å². The third kappa shape index (κ3) is 68.5. The van der Waals surface area contributed by atoms with Gasteiger partial charge in [-0.25, -0.2) is 0 Å². The summed E-state index contributed by atoms with van der Waals surface area (Å²) in [6.07, 6.45) is 16.0. The van der Waals surface area contributed by atoms with Crippen LogP contribution in [0.15, 0.2) is 30.3 Å². The summed E-state index contributed by atoms with van der Waals surface area (Å²) in [5.74, 6) is 2.60. The maximum absolute atomic E-state index is 2.28. The summed E-state index contributed by atoms with van der Waals surface area (Å²) in [7, 11) is 0. The van der Waals surface area contributed by atoms with E-state index in [4.69, 9.17) is 0 Å². The Bertz CT molecular complexity index is 907. The summed E-state index contributed by atoms with van der Waals surface area (Å²) in [5.41, 5.74) is 10.8. The van der Waals surface area contributed by atoms with Crippen LogP contribution in [-0.2, 0) is 12.8 Å². The Morgan fingerprint density at radius 1 is 0.537 bits per heavy atom. The van der Waals surface area contributed by atoms with Crippen molar-refractivity contribution in [2.75, 3.05) is 0 Å². The van der Waals surface area contributed by atoms with Gasteiger partial charge in [0.25, 0.3) is 0 Å². The van der Waals surface area contributed by atoms with Gasteiger partial charge in [0, 0.05) is 0 Å². The first-order valence-corrected chi connectivity index (χ1v) is 23.1. The predicted octanol–water partition coefficient (Wildman–Crippen LogP) is 20.1. The molecule has 0 spiro atoms. The summed E-state index contributed by atoms with van der Waals surface area (Å²) in [4.78, 5) is 0. The van der Waals surface area contributed by atoms with Gasteiger partial charge in [-0.15, -0.1) is 0 Å². The predicted molar refractivity (Wildman–Crippen MR) is 262 cm³/mol. The van der Waals surface area contributed by atoms with Crippen LogP contribution in [0.3, 0.4) is 0 Å². The molecule has 0 bridgehead atoms. The molecule has 0 amide bonds. The zero-order valence-corrected chi connectivity index (χ0v) is 43.1. The molecule has 2 aromatic rings. The van der Waals surface area contributed by atoms with Crippen molar-refractivity contribution in [1.82, 2.24) is 0 Å². The highest BCUT2D eigenvalue weighted by Crippen LogP contribution is 2.23. The number of rotatable bonds is 5. The highest BCUT2D eigenvalue weighted by atomic mass is 14.1. The molecule has 0 aromatic heterocycles. The van der Waals surface area contributed by atoms with Gasteiger partial charge < -0.3 is 0 Å². The second kappa shape index (κ2) is 49.5. The molecule has 1 aliphatic rings. The molecule has 1 aliphatic carbocycles. The van der Waals surface area contributed by atoms with Gasteiger partial charge in [0.15, 0.2) is 0 Å². The molecule has 0 heterocycles. The second-order valence-corrected chi connectivity index (χ2v) is 17.8. The Kier molecular flexibility index (Phi) is 61.6.